The minimum Gasteiger partial charge on any atom is -0.344 e. The maximum absolute atomic E-state index is 12.8. The predicted molar refractivity (Wildman–Crippen MR) is 110 cm³/mol. The molecule has 0 aliphatic heterocycles. The molecule has 2 amide bonds. The van der Waals surface area contributed by atoms with E-state index >= 15 is 0 Å². The first-order valence-corrected chi connectivity index (χ1v) is 9.95. The van der Waals surface area contributed by atoms with Gasteiger partial charge >= 0.3 is 0 Å². The third-order valence-corrected chi connectivity index (χ3v) is 5.27. The van der Waals surface area contributed by atoms with E-state index < -0.39 is 11.5 Å². The summed E-state index contributed by atoms with van der Waals surface area (Å²) in [7, 11) is 0. The lowest BCUT2D eigenvalue weighted by Crippen LogP contribution is -2.50. The van der Waals surface area contributed by atoms with Crippen molar-refractivity contribution in [1.29, 1.82) is 0 Å². The van der Waals surface area contributed by atoms with Crippen molar-refractivity contribution in [3.63, 3.8) is 0 Å². The lowest BCUT2D eigenvalue weighted by molar-refractivity contribution is -0.132. The first kappa shape index (κ1) is 21.0. The molecule has 1 aromatic carbocycles. The van der Waals surface area contributed by atoms with Gasteiger partial charge in [0.15, 0.2) is 0 Å². The van der Waals surface area contributed by atoms with Gasteiger partial charge in [-0.2, -0.15) is 0 Å². The largest absolute Gasteiger partial charge is 0.344 e. The van der Waals surface area contributed by atoms with E-state index in [-0.39, 0.29) is 17.7 Å². The number of nitrogens with zero attached hydrogens (tertiary/aromatic N) is 2. The van der Waals surface area contributed by atoms with Crippen LogP contribution in [0, 0.1) is 18.3 Å². The zero-order valence-corrected chi connectivity index (χ0v) is 17.6. The highest BCUT2D eigenvalue weighted by atomic mass is 32.1. The number of aryl methyl sites for hydroxylation is 1. The van der Waals surface area contributed by atoms with Crippen molar-refractivity contribution in [2.75, 3.05) is 5.32 Å². The van der Waals surface area contributed by atoms with E-state index in [0.29, 0.717) is 5.13 Å². The van der Waals surface area contributed by atoms with E-state index in [4.69, 9.17) is 0 Å². The molecule has 2 N–H and O–H groups in total. The number of rotatable bonds is 6. The molecule has 0 saturated heterocycles. The Kier molecular flexibility index (Phi) is 6.70. The maximum Gasteiger partial charge on any atom is 0.249 e. The molecule has 6 nitrogen and oxygen atoms in total. The van der Waals surface area contributed by atoms with Crippen LogP contribution in [-0.2, 0) is 9.59 Å². The Morgan fingerprint density at radius 2 is 1.93 bits per heavy atom. The number of carbonyl (C=O) groups is 2. The number of hydrogen-bond donors (Lipinski definition) is 2. The Morgan fingerprint density at radius 1 is 1.22 bits per heavy atom. The molecule has 0 saturated carbocycles. The highest BCUT2D eigenvalue weighted by Crippen LogP contribution is 2.27. The van der Waals surface area contributed by atoms with Crippen molar-refractivity contribution in [1.82, 2.24) is 15.5 Å². The Morgan fingerprint density at radius 3 is 2.52 bits per heavy atom. The van der Waals surface area contributed by atoms with Gasteiger partial charge < -0.3 is 5.32 Å². The lowest BCUT2D eigenvalue weighted by Gasteiger charge is -2.27. The van der Waals surface area contributed by atoms with E-state index in [1.54, 1.807) is 0 Å². The van der Waals surface area contributed by atoms with Crippen molar-refractivity contribution in [2.45, 2.75) is 54.0 Å². The second-order valence-corrected chi connectivity index (χ2v) is 8.84. The van der Waals surface area contributed by atoms with Crippen molar-refractivity contribution < 1.29 is 9.59 Å². The van der Waals surface area contributed by atoms with E-state index in [9.17, 15) is 9.59 Å². The van der Waals surface area contributed by atoms with Crippen LogP contribution in [0.25, 0.3) is 10.6 Å². The predicted octanol–water partition coefficient (Wildman–Crippen LogP) is 4.03. The molecule has 0 aliphatic carbocycles. The summed E-state index contributed by atoms with van der Waals surface area (Å²) >= 11 is 1.32. The monoisotopic (exact) mass is 388 g/mol. The second-order valence-electron chi connectivity index (χ2n) is 7.86. The highest BCUT2D eigenvalue weighted by Gasteiger charge is 2.31. The van der Waals surface area contributed by atoms with Gasteiger partial charge in [0, 0.05) is 11.0 Å². The summed E-state index contributed by atoms with van der Waals surface area (Å²) in [5, 5.41) is 15.1. The number of benzene rings is 1. The molecular formula is C20H28N4O2S. The van der Waals surface area contributed by atoms with Gasteiger partial charge in [-0.15, -0.1) is 10.2 Å². The fourth-order valence-corrected chi connectivity index (χ4v) is 3.15. The van der Waals surface area contributed by atoms with Gasteiger partial charge in [-0.05, 0) is 18.9 Å². The molecule has 146 valence electrons. The Balaban J connectivity index is 2.14. The highest BCUT2D eigenvalue weighted by molar-refractivity contribution is 7.18. The summed E-state index contributed by atoms with van der Waals surface area (Å²) in [6.45, 7) is 11.4. The summed E-state index contributed by atoms with van der Waals surface area (Å²) in [4.78, 5) is 25.1. The Labute approximate surface area is 164 Å². The van der Waals surface area contributed by atoms with Gasteiger partial charge in [0.2, 0.25) is 16.9 Å². The smallest absolute Gasteiger partial charge is 0.249 e. The van der Waals surface area contributed by atoms with Crippen LogP contribution in [0.5, 0.6) is 0 Å². The van der Waals surface area contributed by atoms with Crippen molar-refractivity contribution in [3.05, 3.63) is 29.8 Å². The molecular weight excluding hydrogens is 360 g/mol. The van der Waals surface area contributed by atoms with Gasteiger partial charge in [-0.3, -0.25) is 14.9 Å². The minimum atomic E-state index is -0.618. The molecule has 0 bridgehead atoms. The van der Waals surface area contributed by atoms with Crippen LogP contribution < -0.4 is 10.6 Å². The van der Waals surface area contributed by atoms with Crippen molar-refractivity contribution in [2.24, 2.45) is 11.3 Å². The number of anilines is 1. The molecule has 27 heavy (non-hydrogen) atoms. The van der Waals surface area contributed by atoms with Crippen LogP contribution in [0.1, 0.15) is 46.6 Å². The van der Waals surface area contributed by atoms with Crippen LogP contribution in [0.2, 0.25) is 0 Å². The first-order chi connectivity index (χ1) is 12.6. The molecule has 0 spiro atoms. The molecule has 2 unspecified atom stereocenters. The number of nitrogens with one attached hydrogen (secondary N) is 2. The van der Waals surface area contributed by atoms with E-state index in [0.717, 1.165) is 22.6 Å². The maximum atomic E-state index is 12.8. The summed E-state index contributed by atoms with van der Waals surface area (Å²) in [6.07, 6.45) is 0.771. The van der Waals surface area contributed by atoms with Crippen LogP contribution in [0.4, 0.5) is 5.13 Å². The minimum absolute atomic E-state index is 0.000430. The van der Waals surface area contributed by atoms with Crippen LogP contribution >= 0.6 is 11.3 Å². The second kappa shape index (κ2) is 8.61. The average Bonchev–Trinajstić information content (AvgIpc) is 3.06. The summed E-state index contributed by atoms with van der Waals surface area (Å²) in [5.74, 6) is -0.421. The number of carbonyl (C=O) groups excluding carboxylic acids is 2. The molecule has 2 atom stereocenters. The third kappa shape index (κ3) is 5.60. The standard InChI is InChI=1S/C20H28N4O2S/c1-7-13(3)15(21-18(26)20(4,5)6)16(25)22-19-24-23-17(27-19)14-10-8-9-12(2)11-14/h8-11,13,15H,7H2,1-6H3,(H,21,26)(H,22,24,25). The van der Waals surface area contributed by atoms with Crippen molar-refractivity contribution >= 4 is 28.3 Å². The Bertz CT molecular complexity index is 810. The van der Waals surface area contributed by atoms with Crippen LogP contribution in [0.3, 0.4) is 0 Å². The fraction of sp³-hybridized carbons (Fsp3) is 0.500. The van der Waals surface area contributed by atoms with Gasteiger partial charge in [0.1, 0.15) is 11.0 Å². The fourth-order valence-electron chi connectivity index (χ4n) is 2.41. The first-order valence-electron chi connectivity index (χ1n) is 9.14. The topological polar surface area (TPSA) is 84.0 Å². The molecule has 2 aromatic rings. The van der Waals surface area contributed by atoms with E-state index in [1.165, 1.54) is 11.3 Å². The molecule has 0 radical (unpaired) electrons. The number of amides is 2. The zero-order valence-electron chi connectivity index (χ0n) is 16.8. The average molecular weight is 389 g/mol. The van der Waals surface area contributed by atoms with Gasteiger partial charge in [-0.25, -0.2) is 0 Å². The van der Waals surface area contributed by atoms with Gasteiger partial charge in [-0.1, -0.05) is 76.1 Å². The normalized spacial score (nSPS) is 13.7. The van der Waals surface area contributed by atoms with Gasteiger partial charge in [0.25, 0.3) is 0 Å². The summed E-state index contributed by atoms with van der Waals surface area (Å²) in [5.41, 5.74) is 1.54. The van der Waals surface area contributed by atoms with Gasteiger partial charge in [0.05, 0.1) is 0 Å². The molecule has 1 aromatic heterocycles. The van der Waals surface area contributed by atoms with Crippen LogP contribution in [-0.4, -0.2) is 28.1 Å². The Hall–Kier alpha value is -2.28. The van der Waals surface area contributed by atoms with Crippen molar-refractivity contribution in [3.8, 4) is 10.6 Å². The molecule has 0 aliphatic rings. The van der Waals surface area contributed by atoms with E-state index in [2.05, 4.69) is 20.8 Å². The number of aromatic nitrogens is 2. The molecule has 1 heterocycles. The molecule has 2 rings (SSSR count). The molecule has 7 heteroatoms. The zero-order chi connectivity index (χ0) is 20.2. The third-order valence-electron chi connectivity index (χ3n) is 4.38. The quantitative estimate of drug-likeness (QED) is 0.782. The SMILES string of the molecule is CCC(C)C(NC(=O)C(C)(C)C)C(=O)Nc1nnc(-c2cccc(C)c2)s1. The summed E-state index contributed by atoms with van der Waals surface area (Å²) < 4.78 is 0. The lowest BCUT2D eigenvalue weighted by atomic mass is 9.92. The summed E-state index contributed by atoms with van der Waals surface area (Å²) in [6, 6.07) is 7.35. The van der Waals surface area contributed by atoms with Crippen LogP contribution in [0.15, 0.2) is 24.3 Å². The number of hydrogen-bond acceptors (Lipinski definition) is 5. The molecule has 0 fully saturated rings. The van der Waals surface area contributed by atoms with E-state index in [1.807, 2.05) is 65.8 Å².